The highest BCUT2D eigenvalue weighted by atomic mass is 79.9. The number of halogens is 1. The first-order chi connectivity index (χ1) is 16.0. The fraction of sp³-hybridized carbons (Fsp3) is 0.632. The van der Waals surface area contributed by atoms with Crippen molar-refractivity contribution in [2.75, 3.05) is 11.9 Å². The topological polar surface area (TPSA) is 174 Å². The van der Waals surface area contributed by atoms with Crippen LogP contribution in [-0.4, -0.2) is 81.1 Å². The van der Waals surface area contributed by atoms with Crippen LogP contribution in [0.4, 0.5) is 0 Å². The molecule has 1 aliphatic rings. The van der Waals surface area contributed by atoms with Gasteiger partial charge in [0, 0.05) is 27.7 Å². The van der Waals surface area contributed by atoms with Crippen molar-refractivity contribution in [2.45, 2.75) is 64.9 Å². The van der Waals surface area contributed by atoms with Crippen molar-refractivity contribution in [1.82, 2.24) is 20.3 Å². The van der Waals surface area contributed by atoms with Crippen molar-refractivity contribution in [3.05, 3.63) is 11.9 Å². The SMILES string of the molecule is CC(=O)OC[C@H]1O[C@@H](n2cc(CNC(=O)CBr)nn2)[C@@H](OC(C)=O)[C@@H](OC(C)=O)[C@@H]1OC(C)=O. The first kappa shape index (κ1) is 27.2. The maximum atomic E-state index is 11.9. The van der Waals surface area contributed by atoms with Crippen molar-refractivity contribution < 1.29 is 47.7 Å². The molecule has 34 heavy (non-hydrogen) atoms. The number of rotatable bonds is 9. The lowest BCUT2D eigenvalue weighted by Crippen LogP contribution is -2.60. The maximum Gasteiger partial charge on any atom is 0.303 e. The molecule has 14 nitrogen and oxygen atoms in total. The Morgan fingerprint density at radius 1 is 0.971 bits per heavy atom. The quantitative estimate of drug-likeness (QED) is 0.239. The van der Waals surface area contributed by atoms with Crippen LogP contribution in [0, 0.1) is 0 Å². The van der Waals surface area contributed by atoms with Crippen LogP contribution in [0.15, 0.2) is 6.20 Å². The van der Waals surface area contributed by atoms with Gasteiger partial charge in [-0.3, -0.25) is 24.0 Å². The van der Waals surface area contributed by atoms with Crippen LogP contribution in [-0.2, 0) is 54.2 Å². The number of carbonyl (C=O) groups is 5. The lowest BCUT2D eigenvalue weighted by atomic mass is 9.97. The van der Waals surface area contributed by atoms with E-state index in [-0.39, 0.29) is 24.4 Å². The van der Waals surface area contributed by atoms with Crippen molar-refractivity contribution in [1.29, 1.82) is 0 Å². The summed E-state index contributed by atoms with van der Waals surface area (Å²) in [4.78, 5) is 58.4. The van der Waals surface area contributed by atoms with Crippen LogP contribution < -0.4 is 5.32 Å². The average molecular weight is 549 g/mol. The summed E-state index contributed by atoms with van der Waals surface area (Å²) in [6.07, 6.45) is -4.82. The number of aromatic nitrogens is 3. The Hall–Kier alpha value is -3.07. The highest BCUT2D eigenvalue weighted by Crippen LogP contribution is 2.34. The van der Waals surface area contributed by atoms with Crippen molar-refractivity contribution in [2.24, 2.45) is 0 Å². The molecule has 15 heteroatoms. The summed E-state index contributed by atoms with van der Waals surface area (Å²) in [6.45, 7) is 4.26. The number of alkyl halides is 1. The van der Waals surface area contributed by atoms with Crippen LogP contribution in [0.1, 0.15) is 39.6 Å². The number of hydrogen-bond donors (Lipinski definition) is 1. The first-order valence-electron chi connectivity index (χ1n) is 10.1. The molecule has 1 amide bonds. The third-order valence-electron chi connectivity index (χ3n) is 4.37. The minimum atomic E-state index is -1.33. The molecule has 0 radical (unpaired) electrons. The van der Waals surface area contributed by atoms with Gasteiger partial charge in [-0.2, -0.15) is 0 Å². The largest absolute Gasteiger partial charge is 0.463 e. The Labute approximate surface area is 202 Å². The standard InChI is InChI=1S/C19H25BrN4O10/c1-9(25)30-8-14-16(31-10(2)26)17(32-11(3)27)18(33-12(4)28)19(34-14)24-7-13(22-23-24)6-21-15(29)5-20/h7,14,16-19H,5-6,8H2,1-4H3,(H,21,29)/t14-,16-,17+,18+,19-/m1/s1. The lowest BCUT2D eigenvalue weighted by Gasteiger charge is -2.44. The van der Waals surface area contributed by atoms with E-state index in [1.807, 2.05) is 0 Å². The first-order valence-corrected chi connectivity index (χ1v) is 11.2. The molecule has 1 N–H and O–H groups in total. The second kappa shape index (κ2) is 12.4. The molecule has 1 aromatic heterocycles. The van der Waals surface area contributed by atoms with Gasteiger partial charge in [0.25, 0.3) is 0 Å². The van der Waals surface area contributed by atoms with E-state index in [1.54, 1.807) is 0 Å². The van der Waals surface area contributed by atoms with E-state index >= 15 is 0 Å². The summed E-state index contributed by atoms with van der Waals surface area (Å²) in [5.41, 5.74) is 0.349. The normalized spacial score (nSPS) is 24.0. The third-order valence-corrected chi connectivity index (χ3v) is 4.88. The number of nitrogens with zero attached hydrogens (tertiary/aromatic N) is 3. The van der Waals surface area contributed by atoms with Gasteiger partial charge in [0.2, 0.25) is 5.91 Å². The summed E-state index contributed by atoms with van der Waals surface area (Å²) in [5, 5.41) is 10.6. The van der Waals surface area contributed by atoms with Crippen LogP contribution in [0.2, 0.25) is 0 Å². The number of carbonyl (C=O) groups excluding carboxylic acids is 5. The molecular weight excluding hydrogens is 524 g/mol. The second-order valence-electron chi connectivity index (χ2n) is 7.19. The van der Waals surface area contributed by atoms with E-state index in [0.717, 1.165) is 20.8 Å². The van der Waals surface area contributed by atoms with Gasteiger partial charge in [0.05, 0.1) is 18.1 Å². The molecule has 2 heterocycles. The zero-order valence-electron chi connectivity index (χ0n) is 18.9. The molecule has 1 aliphatic heterocycles. The Bertz CT molecular complexity index is 923. The molecule has 2 rings (SSSR count). The van der Waals surface area contributed by atoms with E-state index < -0.39 is 54.5 Å². The molecule has 0 bridgehead atoms. The highest BCUT2D eigenvalue weighted by molar-refractivity contribution is 9.09. The summed E-state index contributed by atoms with van der Waals surface area (Å²) in [7, 11) is 0. The van der Waals surface area contributed by atoms with Gasteiger partial charge in [-0.1, -0.05) is 21.1 Å². The Balaban J connectivity index is 2.44. The van der Waals surface area contributed by atoms with Crippen molar-refractivity contribution in [3.63, 3.8) is 0 Å². The van der Waals surface area contributed by atoms with E-state index in [1.165, 1.54) is 17.8 Å². The minimum Gasteiger partial charge on any atom is -0.463 e. The van der Waals surface area contributed by atoms with Gasteiger partial charge in [-0.05, 0) is 0 Å². The lowest BCUT2D eigenvalue weighted by molar-refractivity contribution is -0.270. The predicted octanol–water partition coefficient (Wildman–Crippen LogP) is -0.455. The van der Waals surface area contributed by atoms with Gasteiger partial charge in [0.1, 0.15) is 18.4 Å². The van der Waals surface area contributed by atoms with Gasteiger partial charge in [-0.15, -0.1) is 5.10 Å². The zero-order valence-corrected chi connectivity index (χ0v) is 20.5. The Kier molecular flexibility index (Phi) is 9.92. The van der Waals surface area contributed by atoms with Gasteiger partial charge < -0.3 is 29.0 Å². The molecule has 1 fully saturated rings. The molecule has 1 saturated heterocycles. The molecule has 0 aliphatic carbocycles. The number of hydrogen-bond acceptors (Lipinski definition) is 12. The second-order valence-corrected chi connectivity index (χ2v) is 7.75. The molecule has 0 aromatic carbocycles. The smallest absolute Gasteiger partial charge is 0.303 e. The van der Waals surface area contributed by atoms with Gasteiger partial charge in [0.15, 0.2) is 24.5 Å². The summed E-state index contributed by atoms with van der Waals surface area (Å²) in [5.74, 6) is -3.12. The maximum absolute atomic E-state index is 11.9. The fourth-order valence-corrected chi connectivity index (χ4v) is 3.37. The Morgan fingerprint density at radius 3 is 2.12 bits per heavy atom. The van der Waals surface area contributed by atoms with Crippen molar-refractivity contribution >= 4 is 45.7 Å². The van der Waals surface area contributed by atoms with Crippen LogP contribution in [0.5, 0.6) is 0 Å². The molecule has 0 unspecified atom stereocenters. The van der Waals surface area contributed by atoms with Crippen LogP contribution in [0.25, 0.3) is 0 Å². The molecular formula is C19H25BrN4O10. The summed E-state index contributed by atoms with van der Waals surface area (Å²) in [6, 6.07) is 0. The molecule has 0 saturated carbocycles. The average Bonchev–Trinajstić information content (AvgIpc) is 3.21. The number of ether oxygens (including phenoxy) is 5. The molecule has 1 aromatic rings. The number of amides is 1. The van der Waals surface area contributed by atoms with Crippen LogP contribution >= 0.6 is 15.9 Å². The molecule has 0 spiro atoms. The zero-order chi connectivity index (χ0) is 25.4. The highest BCUT2D eigenvalue weighted by Gasteiger charge is 2.53. The Morgan fingerprint density at radius 2 is 1.56 bits per heavy atom. The fourth-order valence-electron chi connectivity index (χ4n) is 3.17. The van der Waals surface area contributed by atoms with E-state index in [0.29, 0.717) is 5.69 Å². The molecule has 5 atom stereocenters. The number of nitrogens with one attached hydrogen (secondary N) is 1. The predicted molar refractivity (Wildman–Crippen MR) is 113 cm³/mol. The van der Waals surface area contributed by atoms with E-state index in [4.69, 9.17) is 23.7 Å². The van der Waals surface area contributed by atoms with Crippen LogP contribution in [0.3, 0.4) is 0 Å². The minimum absolute atomic E-state index is 0.0513. The third kappa shape index (κ3) is 7.76. The summed E-state index contributed by atoms with van der Waals surface area (Å²) >= 11 is 3.03. The van der Waals surface area contributed by atoms with Crippen molar-refractivity contribution in [3.8, 4) is 0 Å². The number of esters is 4. The summed E-state index contributed by atoms with van der Waals surface area (Å²) < 4.78 is 28.2. The monoisotopic (exact) mass is 548 g/mol. The van der Waals surface area contributed by atoms with E-state index in [9.17, 15) is 24.0 Å². The van der Waals surface area contributed by atoms with E-state index in [2.05, 4.69) is 31.6 Å². The van der Waals surface area contributed by atoms with Gasteiger partial charge >= 0.3 is 23.9 Å². The molecule has 188 valence electrons. The van der Waals surface area contributed by atoms with Gasteiger partial charge in [-0.25, -0.2) is 4.68 Å².